The number of rotatable bonds is 10. The van der Waals surface area contributed by atoms with Gasteiger partial charge in [-0.05, 0) is 68.1 Å². The third kappa shape index (κ3) is 6.38. The first-order valence-corrected chi connectivity index (χ1v) is 14.1. The molecule has 0 saturated carbocycles. The van der Waals surface area contributed by atoms with Crippen molar-refractivity contribution >= 4 is 16.9 Å². The summed E-state index contributed by atoms with van der Waals surface area (Å²) in [6, 6.07) is 17.3. The van der Waals surface area contributed by atoms with E-state index in [0.29, 0.717) is 31.8 Å². The number of fused-ring (bicyclic) bond motifs is 1. The van der Waals surface area contributed by atoms with Crippen LogP contribution in [0.4, 0.5) is 0 Å². The van der Waals surface area contributed by atoms with Gasteiger partial charge in [0.25, 0.3) is 5.91 Å². The van der Waals surface area contributed by atoms with Crippen LogP contribution in [0.2, 0.25) is 0 Å². The predicted octanol–water partition coefficient (Wildman–Crippen LogP) is 4.50. The molecule has 208 valence electrons. The van der Waals surface area contributed by atoms with Crippen LogP contribution >= 0.6 is 0 Å². The summed E-state index contributed by atoms with van der Waals surface area (Å²) in [6.45, 7) is 6.90. The van der Waals surface area contributed by atoms with Crippen molar-refractivity contribution in [2.75, 3.05) is 34.0 Å². The van der Waals surface area contributed by atoms with Gasteiger partial charge < -0.3 is 19.9 Å². The number of benzene rings is 2. The van der Waals surface area contributed by atoms with E-state index in [-0.39, 0.29) is 24.2 Å². The van der Waals surface area contributed by atoms with E-state index in [0.717, 1.165) is 33.6 Å². The van der Waals surface area contributed by atoms with Crippen LogP contribution in [0.5, 0.6) is 5.75 Å². The Bertz CT molecular complexity index is 1350. The molecule has 0 spiro atoms. The fourth-order valence-corrected chi connectivity index (χ4v) is 6.21. The Hall–Kier alpha value is -3.11. The standard InChI is InChI=1S/C30H37N3O5S/c1-30(2,3)39(36)33-19-23-18-25(29(35)31-13-15-37-4)32-28(27(23)26(33)12-14-34)22-10-6-8-20(16-22)21-9-7-11-24(17-21)38-5/h6-11,16-18,26,34H,12-15,19H2,1-5H3,(H,31,35)/t26-,39?/m1/s1. The Labute approximate surface area is 233 Å². The Balaban J connectivity index is 1.86. The Morgan fingerprint density at radius 2 is 1.79 bits per heavy atom. The van der Waals surface area contributed by atoms with Crippen LogP contribution in [-0.2, 0) is 22.3 Å². The highest BCUT2D eigenvalue weighted by atomic mass is 32.2. The minimum absolute atomic E-state index is 0.0650. The molecule has 4 rings (SSSR count). The van der Waals surface area contributed by atoms with Gasteiger partial charge in [-0.3, -0.25) is 4.79 Å². The Morgan fingerprint density at radius 1 is 1.10 bits per heavy atom. The summed E-state index contributed by atoms with van der Waals surface area (Å²) in [5.41, 5.74) is 5.54. The summed E-state index contributed by atoms with van der Waals surface area (Å²) in [5.74, 6) is 0.462. The summed E-state index contributed by atoms with van der Waals surface area (Å²) in [5, 5.41) is 12.8. The van der Waals surface area contributed by atoms with E-state index in [1.165, 1.54) is 0 Å². The molecule has 1 aromatic heterocycles. The van der Waals surface area contributed by atoms with Crippen molar-refractivity contribution in [1.82, 2.24) is 14.6 Å². The Morgan fingerprint density at radius 3 is 2.46 bits per heavy atom. The van der Waals surface area contributed by atoms with Crippen LogP contribution in [0.15, 0.2) is 54.6 Å². The van der Waals surface area contributed by atoms with Crippen LogP contribution in [-0.4, -0.2) is 63.2 Å². The zero-order valence-electron chi connectivity index (χ0n) is 23.2. The van der Waals surface area contributed by atoms with Gasteiger partial charge in [0, 0.05) is 37.9 Å². The molecule has 0 fully saturated rings. The van der Waals surface area contributed by atoms with Crippen LogP contribution in [0.1, 0.15) is 54.8 Å². The van der Waals surface area contributed by atoms with Crippen LogP contribution < -0.4 is 10.1 Å². The third-order valence-corrected chi connectivity index (χ3v) is 8.51. The summed E-state index contributed by atoms with van der Waals surface area (Å²) < 4.78 is 25.5. The number of carbonyl (C=O) groups is 1. The second kappa shape index (κ2) is 12.4. The van der Waals surface area contributed by atoms with E-state index < -0.39 is 15.7 Å². The quantitative estimate of drug-likeness (QED) is 0.360. The number of hydrogen-bond donors (Lipinski definition) is 2. The fraction of sp³-hybridized carbons (Fsp3) is 0.400. The first-order valence-electron chi connectivity index (χ1n) is 13.0. The molecular weight excluding hydrogens is 514 g/mol. The van der Waals surface area contributed by atoms with Crippen molar-refractivity contribution in [2.45, 2.75) is 44.5 Å². The number of aliphatic hydroxyl groups excluding tert-OH is 1. The average molecular weight is 552 g/mol. The molecule has 2 heterocycles. The lowest BCUT2D eigenvalue weighted by Crippen LogP contribution is -2.36. The highest BCUT2D eigenvalue weighted by Crippen LogP contribution is 2.44. The number of ether oxygens (including phenoxy) is 2. The SMILES string of the molecule is COCCNC(=O)c1cc2c(c(-c3cccc(-c4cccc(OC)c4)c3)n1)[C@@H](CCO)N(S(=O)C(C)(C)C)C2. The van der Waals surface area contributed by atoms with Gasteiger partial charge in [-0.15, -0.1) is 0 Å². The van der Waals surface area contributed by atoms with Crippen LogP contribution in [0, 0.1) is 0 Å². The molecule has 3 aromatic rings. The second-order valence-corrected chi connectivity index (χ2v) is 12.6. The first-order chi connectivity index (χ1) is 18.7. The minimum Gasteiger partial charge on any atom is -0.497 e. The lowest BCUT2D eigenvalue weighted by molar-refractivity contribution is 0.0932. The predicted molar refractivity (Wildman–Crippen MR) is 154 cm³/mol. The molecular formula is C30H37N3O5S. The summed E-state index contributed by atoms with van der Waals surface area (Å²) >= 11 is 0. The molecule has 8 nitrogen and oxygen atoms in total. The first kappa shape index (κ1) is 28.9. The molecule has 1 unspecified atom stereocenters. The monoisotopic (exact) mass is 551 g/mol. The van der Waals surface area contributed by atoms with Crippen molar-refractivity contribution in [1.29, 1.82) is 0 Å². The third-order valence-electron chi connectivity index (χ3n) is 6.65. The van der Waals surface area contributed by atoms with Gasteiger partial charge in [-0.2, -0.15) is 0 Å². The molecule has 39 heavy (non-hydrogen) atoms. The number of methoxy groups -OCH3 is 2. The molecule has 1 aliphatic rings. The molecule has 0 bridgehead atoms. The van der Waals surface area contributed by atoms with Crippen molar-refractivity contribution in [3.05, 3.63) is 71.4 Å². The van der Waals surface area contributed by atoms with E-state index in [2.05, 4.69) is 5.32 Å². The zero-order valence-corrected chi connectivity index (χ0v) is 24.0. The van der Waals surface area contributed by atoms with E-state index in [9.17, 15) is 14.1 Å². The van der Waals surface area contributed by atoms with Gasteiger partial charge >= 0.3 is 0 Å². The highest BCUT2D eigenvalue weighted by molar-refractivity contribution is 7.84. The molecule has 0 radical (unpaired) electrons. The largest absolute Gasteiger partial charge is 0.497 e. The average Bonchev–Trinajstić information content (AvgIpc) is 3.30. The van der Waals surface area contributed by atoms with Gasteiger partial charge in [-0.25, -0.2) is 13.5 Å². The molecule has 9 heteroatoms. The normalized spacial score (nSPS) is 16.1. The maximum Gasteiger partial charge on any atom is 0.269 e. The molecule has 1 amide bonds. The lowest BCUT2D eigenvalue weighted by atomic mass is 9.94. The van der Waals surface area contributed by atoms with E-state index in [4.69, 9.17) is 14.5 Å². The molecule has 0 saturated heterocycles. The van der Waals surface area contributed by atoms with E-state index in [1.54, 1.807) is 20.3 Å². The Kier molecular flexibility index (Phi) is 9.17. The molecule has 2 aromatic carbocycles. The lowest BCUT2D eigenvalue weighted by Gasteiger charge is -2.30. The van der Waals surface area contributed by atoms with Crippen LogP contribution in [0.25, 0.3) is 22.4 Å². The van der Waals surface area contributed by atoms with Gasteiger partial charge in [-0.1, -0.05) is 30.3 Å². The van der Waals surface area contributed by atoms with E-state index >= 15 is 0 Å². The van der Waals surface area contributed by atoms with Gasteiger partial charge in [0.05, 0.1) is 30.2 Å². The number of pyridine rings is 1. The second-order valence-electron chi connectivity index (χ2n) is 10.5. The highest BCUT2D eigenvalue weighted by Gasteiger charge is 2.40. The summed E-state index contributed by atoms with van der Waals surface area (Å²) in [6.07, 6.45) is 0.401. The van der Waals surface area contributed by atoms with Crippen LogP contribution in [0.3, 0.4) is 0 Å². The number of nitrogens with one attached hydrogen (secondary N) is 1. The van der Waals surface area contributed by atoms with Crippen molar-refractivity contribution < 1.29 is 23.6 Å². The molecule has 2 N–H and O–H groups in total. The van der Waals surface area contributed by atoms with Crippen molar-refractivity contribution in [3.63, 3.8) is 0 Å². The van der Waals surface area contributed by atoms with E-state index in [1.807, 2.05) is 73.6 Å². The zero-order chi connectivity index (χ0) is 28.2. The number of carbonyl (C=O) groups excluding carboxylic acids is 1. The smallest absolute Gasteiger partial charge is 0.269 e. The van der Waals surface area contributed by atoms with Crippen molar-refractivity contribution in [3.8, 4) is 28.1 Å². The number of hydrogen-bond acceptors (Lipinski definition) is 6. The number of amides is 1. The van der Waals surface area contributed by atoms with Gasteiger partial charge in [0.2, 0.25) is 0 Å². The topological polar surface area (TPSA) is 101 Å². The summed E-state index contributed by atoms with van der Waals surface area (Å²) in [4.78, 5) is 18.0. The number of nitrogens with zero attached hydrogens (tertiary/aromatic N) is 2. The molecule has 1 aliphatic heterocycles. The number of aliphatic hydroxyl groups is 1. The molecule has 0 aliphatic carbocycles. The minimum atomic E-state index is -1.33. The summed E-state index contributed by atoms with van der Waals surface area (Å²) in [7, 11) is 1.89. The van der Waals surface area contributed by atoms with Gasteiger partial charge in [0.1, 0.15) is 22.4 Å². The van der Waals surface area contributed by atoms with Gasteiger partial charge in [0.15, 0.2) is 0 Å². The number of aromatic nitrogens is 1. The molecule has 2 atom stereocenters. The van der Waals surface area contributed by atoms with Crippen molar-refractivity contribution in [2.24, 2.45) is 0 Å². The fourth-order valence-electron chi connectivity index (χ4n) is 4.81. The maximum absolute atomic E-state index is 13.6. The maximum atomic E-state index is 13.6.